The topological polar surface area (TPSA) is 112 Å². The summed E-state index contributed by atoms with van der Waals surface area (Å²) in [5.41, 5.74) is 5.88. The van der Waals surface area contributed by atoms with Crippen LogP contribution in [0.2, 0.25) is 0 Å². The maximum atomic E-state index is 12.3. The van der Waals surface area contributed by atoms with Crippen LogP contribution in [0.1, 0.15) is 12.7 Å². The minimum absolute atomic E-state index is 0.00543. The smallest absolute Gasteiger partial charge is 0.243 e. The van der Waals surface area contributed by atoms with Crippen LogP contribution in [0.15, 0.2) is 29.4 Å². The zero-order valence-corrected chi connectivity index (χ0v) is 12.6. The van der Waals surface area contributed by atoms with E-state index in [0.717, 1.165) is 0 Å². The molecular formula is C12H17N5O3S. The molecule has 0 radical (unpaired) electrons. The van der Waals surface area contributed by atoms with Crippen LogP contribution in [-0.4, -0.2) is 30.3 Å². The fraction of sp³-hybridized carbons (Fsp3) is 0.333. The molecule has 0 aliphatic carbocycles. The third-order valence-corrected chi connectivity index (χ3v) is 4.44. The largest absolute Gasteiger partial charge is 0.497 e. The van der Waals surface area contributed by atoms with E-state index in [1.165, 1.54) is 19.2 Å². The Morgan fingerprint density at radius 2 is 2.19 bits per heavy atom. The van der Waals surface area contributed by atoms with Gasteiger partial charge in [-0.2, -0.15) is 0 Å². The van der Waals surface area contributed by atoms with Gasteiger partial charge in [-0.3, -0.25) is 0 Å². The first kappa shape index (κ1) is 15.3. The van der Waals surface area contributed by atoms with Gasteiger partial charge in [0.15, 0.2) is 0 Å². The second-order valence-electron chi connectivity index (χ2n) is 4.26. The highest BCUT2D eigenvalue weighted by atomic mass is 32.2. The first-order valence-corrected chi connectivity index (χ1v) is 7.76. The third-order valence-electron chi connectivity index (χ3n) is 2.96. The van der Waals surface area contributed by atoms with E-state index in [1.54, 1.807) is 17.0 Å². The number of anilines is 1. The van der Waals surface area contributed by atoms with Crippen LogP contribution in [0.25, 0.3) is 0 Å². The van der Waals surface area contributed by atoms with Crippen molar-refractivity contribution in [3.8, 4) is 5.75 Å². The van der Waals surface area contributed by atoms with E-state index in [9.17, 15) is 8.42 Å². The molecule has 9 heteroatoms. The average molecular weight is 311 g/mol. The molecule has 0 aliphatic rings. The lowest BCUT2D eigenvalue weighted by atomic mass is 10.3. The summed E-state index contributed by atoms with van der Waals surface area (Å²) in [5.74, 6) is 1.03. The van der Waals surface area contributed by atoms with E-state index in [4.69, 9.17) is 10.5 Å². The van der Waals surface area contributed by atoms with Gasteiger partial charge in [-0.05, 0) is 19.1 Å². The zero-order chi connectivity index (χ0) is 15.5. The lowest BCUT2D eigenvalue weighted by molar-refractivity contribution is 0.414. The van der Waals surface area contributed by atoms with Crippen molar-refractivity contribution in [2.24, 2.45) is 0 Å². The van der Waals surface area contributed by atoms with Gasteiger partial charge in [0, 0.05) is 12.6 Å². The minimum atomic E-state index is -3.73. The van der Waals surface area contributed by atoms with Crippen molar-refractivity contribution in [1.82, 2.24) is 19.5 Å². The summed E-state index contributed by atoms with van der Waals surface area (Å²) in [4.78, 5) is 0.00543. The van der Waals surface area contributed by atoms with Crippen LogP contribution >= 0.6 is 0 Å². The highest BCUT2D eigenvalue weighted by Crippen LogP contribution is 2.23. The normalized spacial score (nSPS) is 11.5. The summed E-state index contributed by atoms with van der Waals surface area (Å²) in [7, 11) is -2.24. The van der Waals surface area contributed by atoms with Crippen LogP contribution in [0, 0.1) is 0 Å². The summed E-state index contributed by atoms with van der Waals surface area (Å²) in [6.07, 6.45) is 1.55. The Kier molecular flexibility index (Phi) is 4.43. The fourth-order valence-electron chi connectivity index (χ4n) is 1.82. The van der Waals surface area contributed by atoms with Crippen molar-refractivity contribution in [3.05, 3.63) is 30.4 Å². The molecule has 0 saturated heterocycles. The molecule has 2 aromatic rings. The number of aryl methyl sites for hydroxylation is 1. The van der Waals surface area contributed by atoms with Crippen molar-refractivity contribution in [1.29, 1.82) is 0 Å². The summed E-state index contributed by atoms with van der Waals surface area (Å²) in [5, 5.41) is 7.61. The van der Waals surface area contributed by atoms with E-state index >= 15 is 0 Å². The average Bonchev–Trinajstić information content (AvgIpc) is 2.92. The molecular weight excluding hydrogens is 294 g/mol. The van der Waals surface area contributed by atoms with E-state index in [2.05, 4.69) is 14.9 Å². The van der Waals surface area contributed by atoms with E-state index < -0.39 is 10.0 Å². The number of nitrogens with one attached hydrogen (secondary N) is 1. The van der Waals surface area contributed by atoms with Crippen molar-refractivity contribution in [2.45, 2.75) is 24.9 Å². The maximum Gasteiger partial charge on any atom is 0.243 e. The van der Waals surface area contributed by atoms with E-state index in [0.29, 0.717) is 18.1 Å². The maximum absolute atomic E-state index is 12.3. The summed E-state index contributed by atoms with van der Waals surface area (Å²) >= 11 is 0. The molecule has 0 amide bonds. The number of methoxy groups -OCH3 is 1. The van der Waals surface area contributed by atoms with Gasteiger partial charge >= 0.3 is 0 Å². The van der Waals surface area contributed by atoms with E-state index in [1.807, 2.05) is 6.92 Å². The first-order valence-electron chi connectivity index (χ1n) is 6.27. The Hall–Kier alpha value is -2.13. The van der Waals surface area contributed by atoms with Crippen molar-refractivity contribution < 1.29 is 13.2 Å². The number of nitrogen functional groups attached to an aromatic ring is 1. The Labute approximate surface area is 123 Å². The fourth-order valence-corrected chi connectivity index (χ4v) is 2.91. The molecule has 0 aliphatic heterocycles. The minimum Gasteiger partial charge on any atom is -0.497 e. The van der Waals surface area contributed by atoms with Gasteiger partial charge in [-0.1, -0.05) is 0 Å². The second kappa shape index (κ2) is 6.10. The number of rotatable bonds is 6. The SMILES string of the molecule is CCn1cnnc1CNS(=O)(=O)c1ccc(OC)cc1N. The van der Waals surface area contributed by atoms with Crippen LogP contribution in [-0.2, 0) is 23.1 Å². The van der Waals surface area contributed by atoms with Crippen LogP contribution in [0.4, 0.5) is 5.69 Å². The molecule has 1 aromatic heterocycles. The number of aromatic nitrogens is 3. The number of hydrogen-bond donors (Lipinski definition) is 2. The van der Waals surface area contributed by atoms with Crippen LogP contribution in [0.3, 0.4) is 0 Å². The van der Waals surface area contributed by atoms with Crippen molar-refractivity contribution in [3.63, 3.8) is 0 Å². The van der Waals surface area contributed by atoms with E-state index in [-0.39, 0.29) is 17.1 Å². The predicted molar refractivity (Wildman–Crippen MR) is 77.1 cm³/mol. The van der Waals surface area contributed by atoms with Crippen LogP contribution in [0.5, 0.6) is 5.75 Å². The molecule has 1 heterocycles. The molecule has 0 fully saturated rings. The number of nitrogens with two attached hydrogens (primary N) is 1. The molecule has 8 nitrogen and oxygen atoms in total. The highest BCUT2D eigenvalue weighted by molar-refractivity contribution is 7.89. The van der Waals surface area contributed by atoms with Gasteiger partial charge in [0.1, 0.15) is 22.8 Å². The van der Waals surface area contributed by atoms with Crippen molar-refractivity contribution >= 4 is 15.7 Å². The monoisotopic (exact) mass is 311 g/mol. The highest BCUT2D eigenvalue weighted by Gasteiger charge is 2.18. The molecule has 0 bridgehead atoms. The number of nitrogens with zero attached hydrogens (tertiary/aromatic N) is 3. The second-order valence-corrected chi connectivity index (χ2v) is 6.00. The number of benzene rings is 1. The molecule has 21 heavy (non-hydrogen) atoms. The lowest BCUT2D eigenvalue weighted by Crippen LogP contribution is -2.25. The lowest BCUT2D eigenvalue weighted by Gasteiger charge is -2.10. The van der Waals surface area contributed by atoms with Gasteiger partial charge in [0.05, 0.1) is 19.3 Å². The summed E-state index contributed by atoms with van der Waals surface area (Å²) in [6, 6.07) is 4.41. The van der Waals surface area contributed by atoms with Gasteiger partial charge in [-0.15, -0.1) is 10.2 Å². The Balaban J connectivity index is 2.19. The van der Waals surface area contributed by atoms with Gasteiger partial charge in [0.25, 0.3) is 0 Å². The quantitative estimate of drug-likeness (QED) is 0.745. The van der Waals surface area contributed by atoms with Gasteiger partial charge in [0.2, 0.25) is 10.0 Å². The molecule has 0 atom stereocenters. The zero-order valence-electron chi connectivity index (χ0n) is 11.8. The third kappa shape index (κ3) is 3.31. The standard InChI is InChI=1S/C12H17N5O3S/c1-3-17-8-14-16-12(17)7-15-21(18,19)11-5-4-9(20-2)6-10(11)13/h4-6,8,15H,3,7,13H2,1-2H3. The molecule has 0 spiro atoms. The molecule has 0 saturated carbocycles. The molecule has 0 unspecified atom stereocenters. The molecule has 3 N–H and O–H groups in total. The van der Waals surface area contributed by atoms with Gasteiger partial charge in [-0.25, -0.2) is 13.1 Å². The molecule has 1 aromatic carbocycles. The molecule has 114 valence electrons. The Morgan fingerprint density at radius 3 is 2.81 bits per heavy atom. The summed E-state index contributed by atoms with van der Waals surface area (Å²) < 4.78 is 33.7. The number of sulfonamides is 1. The van der Waals surface area contributed by atoms with Gasteiger partial charge < -0.3 is 15.0 Å². The first-order chi connectivity index (χ1) is 9.97. The number of ether oxygens (including phenoxy) is 1. The summed E-state index contributed by atoms with van der Waals surface area (Å²) in [6.45, 7) is 2.62. The Bertz CT molecular complexity index is 726. The van der Waals surface area contributed by atoms with Crippen molar-refractivity contribution in [2.75, 3.05) is 12.8 Å². The predicted octanol–water partition coefficient (Wildman–Crippen LogP) is 0.367. The molecule has 2 rings (SSSR count). The Morgan fingerprint density at radius 1 is 1.43 bits per heavy atom. The van der Waals surface area contributed by atoms with Crippen LogP contribution < -0.4 is 15.2 Å². The number of hydrogen-bond acceptors (Lipinski definition) is 6.